The number of aliphatic carboxylic acids is 1. The maximum Gasteiger partial charge on any atom is 1.00 e. The molecule has 3 rings (SSSR count). The first kappa shape index (κ1) is 23.5. The number of hydrogen-bond acceptors (Lipinski definition) is 7. The van der Waals surface area contributed by atoms with Gasteiger partial charge < -0.3 is 15.2 Å². The number of amides is 2. The smallest absolute Gasteiger partial charge is 0.543 e. The van der Waals surface area contributed by atoms with Crippen LogP contribution in [0.25, 0.3) is 10.4 Å². The van der Waals surface area contributed by atoms with Crippen molar-refractivity contribution in [1.82, 2.24) is 10.2 Å². The van der Waals surface area contributed by atoms with Gasteiger partial charge in [0.05, 0.1) is 29.0 Å². The normalized spacial score (nSPS) is 21.1. The Hall–Kier alpha value is -1.82. The van der Waals surface area contributed by atoms with Gasteiger partial charge in [-0.3, -0.25) is 18.7 Å². The van der Waals surface area contributed by atoms with Crippen LogP contribution in [0.15, 0.2) is 51.6 Å². The minimum atomic E-state index is -1.56. The monoisotopic (exact) mass is 443 g/mol. The molecule has 1 N–H and O–H groups in total. The van der Waals surface area contributed by atoms with Gasteiger partial charge >= 0.3 is 29.6 Å². The van der Waals surface area contributed by atoms with Crippen molar-refractivity contribution in [3.8, 4) is 0 Å². The number of β-lactam (4-membered cyclic amide) rings is 1. The molecule has 13 heteroatoms. The Morgan fingerprint density at radius 2 is 2.07 bits per heavy atom. The van der Waals surface area contributed by atoms with E-state index in [4.69, 9.17) is 5.53 Å². The zero-order valence-electron chi connectivity index (χ0n) is 15.3. The number of nitrogens with zero attached hydrogens (tertiary/aromatic N) is 4. The number of carboxylic acids is 1. The molecular formula is C16H14N5NaO5S2. The summed E-state index contributed by atoms with van der Waals surface area (Å²) in [4.78, 5) is 40.2. The first-order valence-electron chi connectivity index (χ1n) is 8.05. The van der Waals surface area contributed by atoms with E-state index in [9.17, 15) is 23.7 Å². The van der Waals surface area contributed by atoms with Gasteiger partial charge in [-0.25, -0.2) is 0 Å². The van der Waals surface area contributed by atoms with Crippen LogP contribution in [0.5, 0.6) is 0 Å². The number of azide groups is 1. The molecule has 0 bridgehead atoms. The van der Waals surface area contributed by atoms with E-state index in [1.54, 1.807) is 30.3 Å². The van der Waals surface area contributed by atoms with Gasteiger partial charge in [-0.15, -0.1) is 11.8 Å². The molecular weight excluding hydrogens is 429 g/mol. The molecule has 2 unspecified atom stereocenters. The SMILES string of the molecule is [N-]=[N+]=NCC1=C(C(=O)[O-])N2C(=O)C(NC(=O)CS(=O)c3ccccc3)[C@H]2SC1.[Na+]. The fourth-order valence-electron chi connectivity index (χ4n) is 2.90. The standard InChI is InChI=1S/C16H15N5O5S2.Na/c17-20-18-6-9-7-27-15-12(14(23)21(15)13(9)16(24)25)19-11(22)8-28(26)10-4-2-1-3-5-10;/h1-5,12,15H,6-8H2,(H,19,22)(H,24,25);/q;+1/p-1/t12?,15-,28?;/m1./s1. The number of thioether (sulfide) groups is 1. The Morgan fingerprint density at radius 1 is 1.38 bits per heavy atom. The van der Waals surface area contributed by atoms with E-state index in [1.807, 2.05) is 0 Å². The van der Waals surface area contributed by atoms with Gasteiger partial charge in [0.15, 0.2) is 0 Å². The van der Waals surface area contributed by atoms with Crippen molar-refractivity contribution in [1.29, 1.82) is 0 Å². The Labute approximate surface area is 194 Å². The van der Waals surface area contributed by atoms with Crippen LogP contribution in [0.1, 0.15) is 0 Å². The number of nitrogens with one attached hydrogen (secondary N) is 1. The van der Waals surface area contributed by atoms with Crippen molar-refractivity contribution in [2.24, 2.45) is 5.11 Å². The number of hydrogen-bond donors (Lipinski definition) is 1. The zero-order valence-corrected chi connectivity index (χ0v) is 18.9. The van der Waals surface area contributed by atoms with Crippen LogP contribution in [0, 0.1) is 0 Å². The van der Waals surface area contributed by atoms with Gasteiger partial charge in [0.2, 0.25) is 5.91 Å². The Balaban J connectivity index is 0.00000300. The van der Waals surface area contributed by atoms with E-state index in [0.29, 0.717) is 4.90 Å². The predicted molar refractivity (Wildman–Crippen MR) is 98.8 cm³/mol. The average Bonchev–Trinajstić information content (AvgIpc) is 2.70. The number of fused-ring (bicyclic) bond motifs is 1. The summed E-state index contributed by atoms with van der Waals surface area (Å²) in [5.74, 6) is -2.81. The van der Waals surface area contributed by atoms with Gasteiger partial charge in [0.1, 0.15) is 17.2 Å². The summed E-state index contributed by atoms with van der Waals surface area (Å²) in [6, 6.07) is 7.54. The number of rotatable bonds is 7. The van der Waals surface area contributed by atoms with Crippen molar-refractivity contribution in [2.45, 2.75) is 16.3 Å². The maximum absolute atomic E-state index is 12.4. The molecule has 29 heavy (non-hydrogen) atoms. The molecule has 1 aromatic rings. The Morgan fingerprint density at radius 3 is 2.69 bits per heavy atom. The molecule has 10 nitrogen and oxygen atoms in total. The Kier molecular flexibility index (Phi) is 8.32. The third kappa shape index (κ3) is 5.03. The second-order valence-electron chi connectivity index (χ2n) is 5.89. The van der Waals surface area contributed by atoms with Crippen molar-refractivity contribution in [2.75, 3.05) is 18.1 Å². The molecule has 2 heterocycles. The maximum atomic E-state index is 12.4. The van der Waals surface area contributed by atoms with Crippen molar-refractivity contribution in [3.05, 3.63) is 52.0 Å². The molecule has 1 aromatic carbocycles. The second-order valence-corrected chi connectivity index (χ2v) is 8.44. The summed E-state index contributed by atoms with van der Waals surface area (Å²) in [5.41, 5.74) is 8.37. The zero-order chi connectivity index (χ0) is 20.3. The van der Waals surface area contributed by atoms with Crippen LogP contribution in [0.4, 0.5) is 0 Å². The number of carboxylic acid groups (broad SMARTS) is 1. The quantitative estimate of drug-likeness (QED) is 0.152. The van der Waals surface area contributed by atoms with Crippen molar-refractivity contribution in [3.63, 3.8) is 0 Å². The van der Waals surface area contributed by atoms with Crippen molar-refractivity contribution < 1.29 is 53.3 Å². The Bertz CT molecular complexity index is 935. The summed E-state index contributed by atoms with van der Waals surface area (Å²) in [6.45, 7) is -0.184. The van der Waals surface area contributed by atoms with E-state index < -0.39 is 40.0 Å². The van der Waals surface area contributed by atoms with E-state index in [1.165, 1.54) is 11.8 Å². The number of benzene rings is 1. The summed E-state index contributed by atoms with van der Waals surface area (Å²) >= 11 is 1.24. The molecule has 1 saturated heterocycles. The van der Waals surface area contributed by atoms with Crippen LogP contribution in [0.3, 0.4) is 0 Å². The number of carbonyl (C=O) groups excluding carboxylic acids is 3. The molecule has 1 fully saturated rings. The van der Waals surface area contributed by atoms with Crippen LogP contribution in [-0.2, 0) is 25.2 Å². The number of carbonyl (C=O) groups is 3. The van der Waals surface area contributed by atoms with E-state index in [0.717, 1.165) is 4.90 Å². The molecule has 2 amide bonds. The second kappa shape index (κ2) is 10.3. The summed E-state index contributed by atoms with van der Waals surface area (Å²) in [6.07, 6.45) is 0. The first-order chi connectivity index (χ1) is 13.4. The summed E-state index contributed by atoms with van der Waals surface area (Å²) in [5, 5.41) is 16.7. The molecule has 2 aliphatic heterocycles. The molecule has 0 saturated carbocycles. The summed E-state index contributed by atoms with van der Waals surface area (Å²) in [7, 11) is -1.56. The topological polar surface area (TPSA) is 155 Å². The molecule has 3 atom stereocenters. The minimum Gasteiger partial charge on any atom is -0.543 e. The molecule has 0 aromatic heterocycles. The minimum absolute atomic E-state index is 0. The van der Waals surface area contributed by atoms with Crippen LogP contribution in [0.2, 0.25) is 0 Å². The summed E-state index contributed by atoms with van der Waals surface area (Å²) < 4.78 is 12.2. The van der Waals surface area contributed by atoms with Crippen LogP contribution in [-0.4, -0.2) is 56.4 Å². The van der Waals surface area contributed by atoms with Gasteiger partial charge in [0, 0.05) is 15.6 Å². The largest absolute Gasteiger partial charge is 1.00 e. The van der Waals surface area contributed by atoms with E-state index >= 15 is 0 Å². The fraction of sp³-hybridized carbons (Fsp3) is 0.312. The predicted octanol–water partition coefficient (Wildman–Crippen LogP) is -3.49. The molecule has 0 radical (unpaired) electrons. The molecule has 0 aliphatic carbocycles. The van der Waals surface area contributed by atoms with Crippen LogP contribution >= 0.6 is 11.8 Å². The van der Waals surface area contributed by atoms with Crippen LogP contribution < -0.4 is 40.0 Å². The van der Waals surface area contributed by atoms with E-state index in [2.05, 4.69) is 15.3 Å². The van der Waals surface area contributed by atoms with Gasteiger partial charge in [-0.05, 0) is 23.2 Å². The molecule has 2 aliphatic rings. The van der Waals surface area contributed by atoms with Gasteiger partial charge in [-0.1, -0.05) is 23.3 Å². The van der Waals surface area contributed by atoms with Gasteiger partial charge in [-0.2, -0.15) is 0 Å². The van der Waals surface area contributed by atoms with Gasteiger partial charge in [0.25, 0.3) is 5.91 Å². The average molecular weight is 443 g/mol. The fourth-order valence-corrected chi connectivity index (χ4v) is 5.18. The van der Waals surface area contributed by atoms with E-state index in [-0.39, 0.29) is 58.9 Å². The molecule has 146 valence electrons. The third-order valence-corrected chi connectivity index (χ3v) is 6.81. The molecule has 0 spiro atoms. The third-order valence-electron chi connectivity index (χ3n) is 4.15. The van der Waals surface area contributed by atoms with Crippen molar-refractivity contribution >= 4 is 40.3 Å². The first-order valence-corrected chi connectivity index (χ1v) is 10.4.